The molecule has 0 amide bonds. The van der Waals surface area contributed by atoms with E-state index in [4.69, 9.17) is 5.73 Å². The monoisotopic (exact) mass is 243 g/mol. The van der Waals surface area contributed by atoms with Gasteiger partial charge < -0.3 is 5.73 Å². The van der Waals surface area contributed by atoms with Crippen LogP contribution in [0.5, 0.6) is 0 Å². The summed E-state index contributed by atoms with van der Waals surface area (Å²) in [5.41, 5.74) is 4.49. The Morgan fingerprint density at radius 1 is 1.20 bits per heavy atom. The summed E-state index contributed by atoms with van der Waals surface area (Å²) in [5, 5.41) is 0. The highest BCUT2D eigenvalue weighted by Crippen LogP contribution is 2.31. The maximum atomic E-state index is 12.8. The van der Waals surface area contributed by atoms with E-state index < -0.39 is 23.6 Å². The first-order chi connectivity index (χ1) is 6.30. The van der Waals surface area contributed by atoms with Gasteiger partial charge in [-0.2, -0.15) is 13.2 Å². The Balaban J connectivity index is 0.00000196. The lowest BCUT2D eigenvalue weighted by molar-refractivity contribution is -0.137. The largest absolute Gasteiger partial charge is 0.416 e. The van der Waals surface area contributed by atoms with Crippen molar-refractivity contribution in [1.29, 1.82) is 0 Å². The van der Waals surface area contributed by atoms with E-state index in [9.17, 15) is 17.6 Å². The van der Waals surface area contributed by atoms with Gasteiger partial charge >= 0.3 is 6.18 Å². The van der Waals surface area contributed by atoms with Crippen LogP contribution in [0.25, 0.3) is 0 Å². The summed E-state index contributed by atoms with van der Waals surface area (Å²) >= 11 is 0. The quantitative estimate of drug-likeness (QED) is 0.753. The third-order valence-corrected chi connectivity index (χ3v) is 1.77. The lowest BCUT2D eigenvalue weighted by Gasteiger charge is -2.11. The molecule has 0 unspecified atom stereocenters. The van der Waals surface area contributed by atoms with E-state index in [1.807, 2.05) is 0 Å². The van der Waals surface area contributed by atoms with Gasteiger partial charge in [-0.1, -0.05) is 0 Å². The van der Waals surface area contributed by atoms with Crippen LogP contribution < -0.4 is 5.73 Å². The van der Waals surface area contributed by atoms with E-state index in [2.05, 4.69) is 0 Å². The van der Waals surface area contributed by atoms with Gasteiger partial charge in [-0.3, -0.25) is 0 Å². The van der Waals surface area contributed by atoms with Crippen molar-refractivity contribution < 1.29 is 17.6 Å². The van der Waals surface area contributed by atoms with Crippen LogP contribution in [0.4, 0.5) is 17.6 Å². The Morgan fingerprint density at radius 3 is 2.13 bits per heavy atom. The van der Waals surface area contributed by atoms with Gasteiger partial charge in [0.1, 0.15) is 5.82 Å². The number of alkyl halides is 3. The topological polar surface area (TPSA) is 26.0 Å². The number of hydrogen-bond acceptors (Lipinski definition) is 1. The molecule has 0 bridgehead atoms. The van der Waals surface area contributed by atoms with Crippen LogP contribution in [0.2, 0.25) is 0 Å². The highest BCUT2D eigenvalue weighted by atomic mass is 35.5. The Hall–Kier alpha value is -0.810. The van der Waals surface area contributed by atoms with Crippen LogP contribution in [0, 0.1) is 5.82 Å². The zero-order valence-electron chi connectivity index (χ0n) is 7.81. The molecule has 0 fully saturated rings. The predicted octanol–water partition coefficient (Wildman–Crippen LogP) is 3.29. The minimum atomic E-state index is -4.54. The number of halogens is 5. The summed E-state index contributed by atoms with van der Waals surface area (Å²) in [7, 11) is 0. The molecule has 15 heavy (non-hydrogen) atoms. The maximum Gasteiger partial charge on any atom is 0.416 e. The lowest BCUT2D eigenvalue weighted by atomic mass is 10.1. The summed E-state index contributed by atoms with van der Waals surface area (Å²) in [6.07, 6.45) is -4.54. The first kappa shape index (κ1) is 14.2. The van der Waals surface area contributed by atoms with Gasteiger partial charge in [0.25, 0.3) is 0 Å². The SMILES string of the molecule is C[C@@H](N)c1cc(F)cc(C(F)(F)F)c1.Cl. The summed E-state index contributed by atoms with van der Waals surface area (Å²) in [5.74, 6) is -0.924. The highest BCUT2D eigenvalue weighted by Gasteiger charge is 2.31. The van der Waals surface area contributed by atoms with Crippen LogP contribution in [0.3, 0.4) is 0 Å². The molecule has 0 aliphatic carbocycles. The normalized spacial score (nSPS) is 13.2. The summed E-state index contributed by atoms with van der Waals surface area (Å²) in [6, 6.07) is 1.69. The summed E-state index contributed by atoms with van der Waals surface area (Å²) in [4.78, 5) is 0. The van der Waals surface area contributed by atoms with Crippen molar-refractivity contribution in [3.8, 4) is 0 Å². The molecule has 1 aromatic carbocycles. The van der Waals surface area contributed by atoms with Gasteiger partial charge in [-0.15, -0.1) is 12.4 Å². The van der Waals surface area contributed by atoms with E-state index in [-0.39, 0.29) is 18.0 Å². The highest BCUT2D eigenvalue weighted by molar-refractivity contribution is 5.85. The molecular weight excluding hydrogens is 234 g/mol. The second-order valence-corrected chi connectivity index (χ2v) is 3.06. The van der Waals surface area contributed by atoms with E-state index >= 15 is 0 Å². The number of hydrogen-bond donors (Lipinski definition) is 1. The minimum absolute atomic E-state index is 0. The van der Waals surface area contributed by atoms with Crippen molar-refractivity contribution in [1.82, 2.24) is 0 Å². The number of rotatable bonds is 1. The molecule has 1 rings (SSSR count). The molecule has 0 aliphatic heterocycles. The standard InChI is InChI=1S/C9H9F4N.ClH/c1-5(14)6-2-7(9(11,12)13)4-8(10)3-6;/h2-5H,14H2,1H3;1H/t5-;/m1./s1. The lowest BCUT2D eigenvalue weighted by Crippen LogP contribution is -2.10. The predicted molar refractivity (Wildman–Crippen MR) is 51.3 cm³/mol. The molecule has 0 saturated carbocycles. The maximum absolute atomic E-state index is 12.8. The zero-order chi connectivity index (χ0) is 10.9. The first-order valence-corrected chi connectivity index (χ1v) is 3.94. The molecule has 0 aliphatic rings. The van der Waals surface area contributed by atoms with E-state index in [0.29, 0.717) is 6.07 Å². The fourth-order valence-electron chi connectivity index (χ4n) is 1.04. The van der Waals surface area contributed by atoms with Gasteiger partial charge in [-0.05, 0) is 30.7 Å². The fraction of sp³-hybridized carbons (Fsp3) is 0.333. The molecule has 0 saturated heterocycles. The van der Waals surface area contributed by atoms with E-state index in [0.717, 1.165) is 12.1 Å². The molecule has 2 N–H and O–H groups in total. The fourth-order valence-corrected chi connectivity index (χ4v) is 1.04. The number of benzene rings is 1. The summed E-state index contributed by atoms with van der Waals surface area (Å²) in [6.45, 7) is 1.49. The zero-order valence-corrected chi connectivity index (χ0v) is 8.62. The minimum Gasteiger partial charge on any atom is -0.324 e. The van der Waals surface area contributed by atoms with Crippen molar-refractivity contribution in [2.75, 3.05) is 0 Å². The van der Waals surface area contributed by atoms with Crippen molar-refractivity contribution >= 4 is 12.4 Å². The molecule has 86 valence electrons. The molecule has 0 radical (unpaired) electrons. The third-order valence-electron chi connectivity index (χ3n) is 1.77. The van der Waals surface area contributed by atoms with Crippen molar-refractivity contribution in [2.24, 2.45) is 5.73 Å². The van der Waals surface area contributed by atoms with Crippen LogP contribution >= 0.6 is 12.4 Å². The van der Waals surface area contributed by atoms with Gasteiger partial charge in [-0.25, -0.2) is 4.39 Å². The molecule has 0 heterocycles. The molecule has 6 heteroatoms. The molecule has 1 atom stereocenters. The van der Waals surface area contributed by atoms with E-state index in [1.165, 1.54) is 6.92 Å². The average molecular weight is 244 g/mol. The van der Waals surface area contributed by atoms with E-state index in [1.54, 1.807) is 0 Å². The van der Waals surface area contributed by atoms with Crippen molar-refractivity contribution in [3.05, 3.63) is 35.1 Å². The average Bonchev–Trinajstić information content (AvgIpc) is 2.01. The molecule has 0 spiro atoms. The van der Waals surface area contributed by atoms with Crippen molar-refractivity contribution in [3.63, 3.8) is 0 Å². The van der Waals surface area contributed by atoms with Crippen LogP contribution in [0.15, 0.2) is 18.2 Å². The molecule has 1 aromatic rings. The van der Waals surface area contributed by atoms with Crippen LogP contribution in [0.1, 0.15) is 24.1 Å². The smallest absolute Gasteiger partial charge is 0.324 e. The van der Waals surface area contributed by atoms with Gasteiger partial charge in [0.2, 0.25) is 0 Å². The Labute approximate surface area is 90.7 Å². The first-order valence-electron chi connectivity index (χ1n) is 3.94. The van der Waals surface area contributed by atoms with Gasteiger partial charge in [0.15, 0.2) is 0 Å². The molecular formula is C9H10ClF4N. The number of nitrogens with two attached hydrogens (primary N) is 1. The molecule has 1 nitrogen and oxygen atoms in total. The Morgan fingerprint density at radius 2 is 1.73 bits per heavy atom. The van der Waals surface area contributed by atoms with Gasteiger partial charge in [0, 0.05) is 6.04 Å². The molecule has 0 aromatic heterocycles. The van der Waals surface area contributed by atoms with Crippen LogP contribution in [-0.4, -0.2) is 0 Å². The second kappa shape index (κ2) is 4.81. The Bertz CT molecular complexity index is 335. The Kier molecular flexibility index (Phi) is 4.55. The van der Waals surface area contributed by atoms with Crippen LogP contribution in [-0.2, 0) is 6.18 Å². The van der Waals surface area contributed by atoms with Gasteiger partial charge in [0.05, 0.1) is 5.56 Å². The third kappa shape index (κ3) is 3.68. The van der Waals surface area contributed by atoms with Crippen molar-refractivity contribution in [2.45, 2.75) is 19.1 Å². The summed E-state index contributed by atoms with van der Waals surface area (Å²) < 4.78 is 49.4. The second-order valence-electron chi connectivity index (χ2n) is 3.06.